The lowest BCUT2D eigenvalue weighted by molar-refractivity contribution is 0.590. The van der Waals surface area contributed by atoms with Crippen LogP contribution in [0.5, 0.6) is 0 Å². The highest BCUT2D eigenvalue weighted by Gasteiger charge is 2.16. The molecule has 0 N–H and O–H groups in total. The molecule has 0 aliphatic heterocycles. The molecule has 3 rings (SSSR count). The van der Waals surface area contributed by atoms with Crippen molar-refractivity contribution in [2.45, 2.75) is 52.4 Å². The Morgan fingerprint density at radius 2 is 1.00 bits per heavy atom. The fourth-order valence-corrected chi connectivity index (χ4v) is 3.29. The van der Waals surface area contributed by atoms with Gasteiger partial charge in [-0.2, -0.15) is 0 Å². The van der Waals surface area contributed by atoms with E-state index in [1.54, 1.807) is 0 Å². The van der Waals surface area contributed by atoms with Gasteiger partial charge >= 0.3 is 0 Å². The molecular formula is C26H30. The Labute approximate surface area is 158 Å². The number of hydrogen-bond acceptors (Lipinski definition) is 0. The molecule has 0 nitrogen and oxygen atoms in total. The van der Waals surface area contributed by atoms with Crippen LogP contribution in [-0.4, -0.2) is 0 Å². The maximum absolute atomic E-state index is 2.34. The average molecular weight is 343 g/mol. The third-order valence-corrected chi connectivity index (χ3v) is 5.03. The fourth-order valence-electron chi connectivity index (χ4n) is 3.29. The van der Waals surface area contributed by atoms with Crippen LogP contribution in [0.15, 0.2) is 72.8 Å². The minimum atomic E-state index is 0.152. The van der Waals surface area contributed by atoms with Crippen LogP contribution < -0.4 is 0 Å². The van der Waals surface area contributed by atoms with Gasteiger partial charge in [0.05, 0.1) is 0 Å². The van der Waals surface area contributed by atoms with Crippen LogP contribution in [0.2, 0.25) is 0 Å². The van der Waals surface area contributed by atoms with Crippen molar-refractivity contribution in [1.82, 2.24) is 0 Å². The maximum Gasteiger partial charge on any atom is -0.0105 e. The highest BCUT2D eigenvalue weighted by Crippen LogP contribution is 2.35. The van der Waals surface area contributed by atoms with Crippen LogP contribution in [0.4, 0.5) is 0 Å². The molecule has 134 valence electrons. The van der Waals surface area contributed by atoms with Crippen LogP contribution in [-0.2, 0) is 10.8 Å². The molecule has 0 aromatic heterocycles. The summed E-state index contributed by atoms with van der Waals surface area (Å²) in [5.74, 6) is 0. The molecule has 26 heavy (non-hydrogen) atoms. The van der Waals surface area contributed by atoms with E-state index in [0.29, 0.717) is 0 Å². The third-order valence-electron chi connectivity index (χ3n) is 5.03. The monoisotopic (exact) mass is 342 g/mol. The summed E-state index contributed by atoms with van der Waals surface area (Å²) in [7, 11) is 0. The van der Waals surface area contributed by atoms with Gasteiger partial charge in [-0.3, -0.25) is 0 Å². The zero-order valence-corrected chi connectivity index (χ0v) is 16.9. The Bertz CT molecular complexity index is 884. The third kappa shape index (κ3) is 3.90. The molecule has 0 spiro atoms. The van der Waals surface area contributed by atoms with Crippen molar-refractivity contribution in [3.05, 3.63) is 83.9 Å². The van der Waals surface area contributed by atoms with Crippen molar-refractivity contribution in [2.24, 2.45) is 0 Å². The van der Waals surface area contributed by atoms with Gasteiger partial charge in [0.2, 0.25) is 0 Å². The summed E-state index contributed by atoms with van der Waals surface area (Å²) in [6.07, 6.45) is 0. The van der Waals surface area contributed by atoms with Crippen LogP contribution >= 0.6 is 0 Å². The quantitative estimate of drug-likeness (QED) is 0.449. The van der Waals surface area contributed by atoms with E-state index >= 15 is 0 Å². The normalized spacial score (nSPS) is 12.2. The Balaban J connectivity index is 2.07. The Kier molecular flexibility index (Phi) is 4.80. The molecule has 0 atom stereocenters. The summed E-state index contributed by atoms with van der Waals surface area (Å²) < 4.78 is 0. The van der Waals surface area contributed by atoms with Crippen LogP contribution in [0.25, 0.3) is 22.3 Å². The predicted octanol–water partition coefficient (Wildman–Crippen LogP) is 7.62. The molecule has 0 saturated heterocycles. The first kappa shape index (κ1) is 18.5. The SMILES string of the molecule is CC(C)(C)c1ccc(-c2ccccc2-c2cccc(C(C)(C)C)c2)cc1. The van der Waals surface area contributed by atoms with Gasteiger partial charge in [-0.05, 0) is 44.2 Å². The molecule has 0 bridgehead atoms. The van der Waals surface area contributed by atoms with Gasteiger partial charge in [-0.1, -0.05) is 114 Å². The lowest BCUT2D eigenvalue weighted by atomic mass is 9.84. The van der Waals surface area contributed by atoms with Crippen molar-refractivity contribution in [3.63, 3.8) is 0 Å². The summed E-state index contributed by atoms with van der Waals surface area (Å²) >= 11 is 0. The van der Waals surface area contributed by atoms with E-state index in [9.17, 15) is 0 Å². The molecule has 0 saturated carbocycles. The first-order valence-corrected chi connectivity index (χ1v) is 9.47. The Morgan fingerprint density at radius 3 is 1.54 bits per heavy atom. The van der Waals surface area contributed by atoms with Crippen LogP contribution in [0, 0.1) is 0 Å². The molecule has 0 fully saturated rings. The summed E-state index contributed by atoms with van der Waals surface area (Å²) in [6, 6.07) is 26.7. The largest absolute Gasteiger partial charge is 0.0616 e. The van der Waals surface area contributed by atoms with Crippen molar-refractivity contribution in [1.29, 1.82) is 0 Å². The van der Waals surface area contributed by atoms with E-state index in [1.165, 1.54) is 33.4 Å². The number of benzene rings is 3. The highest BCUT2D eigenvalue weighted by atomic mass is 14.2. The standard InChI is InChI=1S/C26H30/c1-25(2,3)21-16-14-19(15-17-21)23-12-7-8-13-24(23)20-10-9-11-22(18-20)26(4,5)6/h7-18H,1-6H3. The van der Waals surface area contributed by atoms with Gasteiger partial charge < -0.3 is 0 Å². The van der Waals surface area contributed by atoms with Crippen LogP contribution in [0.3, 0.4) is 0 Å². The Morgan fingerprint density at radius 1 is 0.462 bits per heavy atom. The molecule has 0 amide bonds. The second kappa shape index (κ2) is 6.76. The van der Waals surface area contributed by atoms with E-state index in [0.717, 1.165) is 0 Å². The molecule has 0 aliphatic rings. The topological polar surface area (TPSA) is 0 Å². The van der Waals surface area contributed by atoms with E-state index in [2.05, 4.69) is 114 Å². The first-order valence-electron chi connectivity index (χ1n) is 9.47. The smallest absolute Gasteiger partial charge is 0.0105 e. The molecule has 0 heterocycles. The zero-order valence-electron chi connectivity index (χ0n) is 16.9. The Hall–Kier alpha value is -2.34. The van der Waals surface area contributed by atoms with Crippen molar-refractivity contribution in [3.8, 4) is 22.3 Å². The molecule has 0 aliphatic carbocycles. The van der Waals surface area contributed by atoms with Crippen molar-refractivity contribution < 1.29 is 0 Å². The minimum Gasteiger partial charge on any atom is -0.0616 e. The molecule has 3 aromatic carbocycles. The van der Waals surface area contributed by atoms with Gasteiger partial charge in [0.1, 0.15) is 0 Å². The van der Waals surface area contributed by atoms with E-state index in [1.807, 2.05) is 0 Å². The predicted molar refractivity (Wildman–Crippen MR) is 115 cm³/mol. The number of hydrogen-bond donors (Lipinski definition) is 0. The fraction of sp³-hybridized carbons (Fsp3) is 0.308. The molecule has 0 radical (unpaired) electrons. The second-order valence-electron chi connectivity index (χ2n) is 9.20. The van der Waals surface area contributed by atoms with Gasteiger partial charge in [0.15, 0.2) is 0 Å². The molecular weight excluding hydrogens is 312 g/mol. The average Bonchev–Trinajstić information content (AvgIpc) is 2.60. The van der Waals surface area contributed by atoms with E-state index in [-0.39, 0.29) is 10.8 Å². The number of rotatable bonds is 2. The van der Waals surface area contributed by atoms with Gasteiger partial charge in [-0.15, -0.1) is 0 Å². The van der Waals surface area contributed by atoms with Crippen molar-refractivity contribution >= 4 is 0 Å². The summed E-state index contributed by atoms with van der Waals surface area (Å²) in [5, 5.41) is 0. The summed E-state index contributed by atoms with van der Waals surface area (Å²) in [4.78, 5) is 0. The molecule has 3 aromatic rings. The maximum atomic E-state index is 2.34. The van der Waals surface area contributed by atoms with Gasteiger partial charge in [0, 0.05) is 0 Å². The summed E-state index contributed by atoms with van der Waals surface area (Å²) in [5.41, 5.74) is 8.21. The molecule has 0 heteroatoms. The van der Waals surface area contributed by atoms with Crippen LogP contribution in [0.1, 0.15) is 52.7 Å². The zero-order chi connectivity index (χ0) is 18.9. The van der Waals surface area contributed by atoms with Gasteiger partial charge in [-0.25, -0.2) is 0 Å². The van der Waals surface area contributed by atoms with E-state index < -0.39 is 0 Å². The molecule has 0 unspecified atom stereocenters. The van der Waals surface area contributed by atoms with Gasteiger partial charge in [0.25, 0.3) is 0 Å². The first-order chi connectivity index (χ1) is 12.2. The summed E-state index contributed by atoms with van der Waals surface area (Å²) in [6.45, 7) is 13.6. The lowest BCUT2D eigenvalue weighted by Crippen LogP contribution is -2.10. The van der Waals surface area contributed by atoms with Crippen molar-refractivity contribution in [2.75, 3.05) is 0 Å². The lowest BCUT2D eigenvalue weighted by Gasteiger charge is -2.21. The van der Waals surface area contributed by atoms with E-state index in [4.69, 9.17) is 0 Å². The second-order valence-corrected chi connectivity index (χ2v) is 9.20. The minimum absolute atomic E-state index is 0.152. The highest BCUT2D eigenvalue weighted by molar-refractivity contribution is 5.83.